The van der Waals surface area contributed by atoms with Crippen LogP contribution < -0.4 is 5.32 Å². The van der Waals surface area contributed by atoms with Crippen molar-refractivity contribution in [1.29, 1.82) is 0 Å². The van der Waals surface area contributed by atoms with E-state index >= 15 is 0 Å². The second-order valence-electron chi connectivity index (χ2n) is 4.14. The molecule has 4 heteroatoms. The van der Waals surface area contributed by atoms with Gasteiger partial charge in [-0.25, -0.2) is 0 Å². The summed E-state index contributed by atoms with van der Waals surface area (Å²) in [6, 6.07) is 12.9. The molecule has 0 bridgehead atoms. The number of hydrogen-bond donors (Lipinski definition) is 1. The molecule has 96 valence electrons. The van der Waals surface area contributed by atoms with Crippen molar-refractivity contribution in [1.82, 2.24) is 0 Å². The first-order chi connectivity index (χ1) is 8.69. The molecule has 0 aliphatic heterocycles. The third-order valence-corrected chi connectivity index (χ3v) is 4.45. The molecule has 1 unspecified atom stereocenters. The Morgan fingerprint density at radius 3 is 2.83 bits per heavy atom. The minimum atomic E-state index is 0.305. The monoisotopic (exact) mass is 325 g/mol. The SMILES string of the molecule is COCc1cccc(NC(C)c2ccc(Br)s2)c1. The first-order valence-corrected chi connectivity index (χ1v) is 7.39. The van der Waals surface area contributed by atoms with Crippen LogP contribution in [0.2, 0.25) is 0 Å². The largest absolute Gasteiger partial charge is 0.380 e. The van der Waals surface area contributed by atoms with Crippen LogP contribution in [0.25, 0.3) is 0 Å². The third-order valence-electron chi connectivity index (χ3n) is 2.64. The molecule has 0 aliphatic rings. The highest BCUT2D eigenvalue weighted by Gasteiger charge is 2.08. The highest BCUT2D eigenvalue weighted by atomic mass is 79.9. The molecule has 0 saturated carbocycles. The van der Waals surface area contributed by atoms with Gasteiger partial charge in [-0.15, -0.1) is 11.3 Å². The zero-order chi connectivity index (χ0) is 13.0. The van der Waals surface area contributed by atoms with Gasteiger partial charge < -0.3 is 10.1 Å². The highest BCUT2D eigenvalue weighted by Crippen LogP contribution is 2.29. The molecule has 1 atom stereocenters. The molecule has 18 heavy (non-hydrogen) atoms. The lowest BCUT2D eigenvalue weighted by Crippen LogP contribution is -2.05. The summed E-state index contributed by atoms with van der Waals surface area (Å²) in [5, 5.41) is 3.50. The van der Waals surface area contributed by atoms with E-state index in [2.05, 4.69) is 58.5 Å². The summed E-state index contributed by atoms with van der Waals surface area (Å²) in [6.07, 6.45) is 0. The number of rotatable bonds is 5. The number of nitrogens with one attached hydrogen (secondary N) is 1. The normalized spacial score (nSPS) is 12.4. The summed E-state index contributed by atoms with van der Waals surface area (Å²) in [4.78, 5) is 1.32. The van der Waals surface area contributed by atoms with Gasteiger partial charge in [0.1, 0.15) is 0 Å². The lowest BCUT2D eigenvalue weighted by atomic mass is 10.2. The number of ether oxygens (including phenoxy) is 1. The van der Waals surface area contributed by atoms with Crippen LogP contribution >= 0.6 is 27.3 Å². The van der Waals surface area contributed by atoms with Gasteiger partial charge in [0.2, 0.25) is 0 Å². The van der Waals surface area contributed by atoms with Crippen LogP contribution in [-0.4, -0.2) is 7.11 Å². The lowest BCUT2D eigenvalue weighted by molar-refractivity contribution is 0.185. The van der Waals surface area contributed by atoms with Crippen molar-refractivity contribution in [3.8, 4) is 0 Å². The first-order valence-electron chi connectivity index (χ1n) is 5.78. The summed E-state index contributed by atoms with van der Waals surface area (Å²) >= 11 is 5.25. The van der Waals surface area contributed by atoms with E-state index in [1.165, 1.54) is 14.2 Å². The second kappa shape index (κ2) is 6.36. The molecule has 1 heterocycles. The van der Waals surface area contributed by atoms with Crippen molar-refractivity contribution in [2.75, 3.05) is 12.4 Å². The van der Waals surface area contributed by atoms with Gasteiger partial charge in [0.25, 0.3) is 0 Å². The predicted octanol–water partition coefficient (Wildman–Crippen LogP) is 4.83. The second-order valence-corrected chi connectivity index (χ2v) is 6.64. The Morgan fingerprint density at radius 2 is 2.17 bits per heavy atom. The van der Waals surface area contributed by atoms with Gasteiger partial charge in [-0.3, -0.25) is 0 Å². The fraction of sp³-hybridized carbons (Fsp3) is 0.286. The maximum Gasteiger partial charge on any atom is 0.0713 e. The summed E-state index contributed by atoms with van der Waals surface area (Å²) in [7, 11) is 1.71. The number of hydrogen-bond acceptors (Lipinski definition) is 3. The van der Waals surface area contributed by atoms with E-state index in [1.807, 2.05) is 6.07 Å². The Morgan fingerprint density at radius 1 is 1.33 bits per heavy atom. The number of thiophene rings is 1. The van der Waals surface area contributed by atoms with E-state index in [1.54, 1.807) is 18.4 Å². The van der Waals surface area contributed by atoms with Gasteiger partial charge in [-0.1, -0.05) is 12.1 Å². The molecule has 1 aromatic heterocycles. The van der Waals surface area contributed by atoms with Gasteiger partial charge in [0.15, 0.2) is 0 Å². The average Bonchev–Trinajstić information content (AvgIpc) is 2.77. The molecule has 0 saturated heterocycles. The van der Waals surface area contributed by atoms with Crippen LogP contribution in [0.15, 0.2) is 40.2 Å². The van der Waals surface area contributed by atoms with E-state index in [-0.39, 0.29) is 0 Å². The maximum atomic E-state index is 5.14. The Hall–Kier alpha value is -0.840. The van der Waals surface area contributed by atoms with E-state index < -0.39 is 0 Å². The quantitative estimate of drug-likeness (QED) is 0.850. The van der Waals surface area contributed by atoms with Crippen LogP contribution in [-0.2, 0) is 11.3 Å². The van der Waals surface area contributed by atoms with E-state index in [9.17, 15) is 0 Å². The Kier molecular flexibility index (Phi) is 4.80. The molecule has 2 aromatic rings. The third kappa shape index (κ3) is 3.57. The van der Waals surface area contributed by atoms with E-state index in [4.69, 9.17) is 4.74 Å². The van der Waals surface area contributed by atoms with Gasteiger partial charge in [-0.05, 0) is 52.7 Å². The molecule has 1 aromatic carbocycles. The predicted molar refractivity (Wildman–Crippen MR) is 81.2 cm³/mol. The van der Waals surface area contributed by atoms with Crippen molar-refractivity contribution in [3.05, 3.63) is 50.6 Å². The van der Waals surface area contributed by atoms with E-state index in [0.717, 1.165) is 5.69 Å². The van der Waals surface area contributed by atoms with Crippen LogP contribution in [0.1, 0.15) is 23.4 Å². The minimum Gasteiger partial charge on any atom is -0.380 e. The zero-order valence-electron chi connectivity index (χ0n) is 10.4. The fourth-order valence-corrected chi connectivity index (χ4v) is 3.23. The molecule has 2 nitrogen and oxygen atoms in total. The van der Waals surface area contributed by atoms with Crippen LogP contribution in [0, 0.1) is 0 Å². The van der Waals surface area contributed by atoms with Crippen molar-refractivity contribution in [2.45, 2.75) is 19.6 Å². The molecular weight excluding hydrogens is 310 g/mol. The molecule has 0 amide bonds. The molecule has 1 N–H and O–H groups in total. The average molecular weight is 326 g/mol. The highest BCUT2D eigenvalue weighted by molar-refractivity contribution is 9.11. The summed E-state index contributed by atoms with van der Waals surface area (Å²) < 4.78 is 6.31. The summed E-state index contributed by atoms with van der Waals surface area (Å²) in [6.45, 7) is 2.82. The van der Waals surface area contributed by atoms with Crippen molar-refractivity contribution < 1.29 is 4.74 Å². The van der Waals surface area contributed by atoms with Crippen LogP contribution in [0.3, 0.4) is 0 Å². The Bertz CT molecular complexity index is 512. The summed E-state index contributed by atoms with van der Waals surface area (Å²) in [5.41, 5.74) is 2.31. The molecule has 0 spiro atoms. The van der Waals surface area contributed by atoms with Gasteiger partial charge in [-0.2, -0.15) is 0 Å². The summed E-state index contributed by atoms with van der Waals surface area (Å²) in [5.74, 6) is 0. The number of benzene rings is 1. The van der Waals surface area contributed by atoms with Crippen molar-refractivity contribution >= 4 is 33.0 Å². The molecule has 0 radical (unpaired) electrons. The van der Waals surface area contributed by atoms with E-state index in [0.29, 0.717) is 12.6 Å². The molecule has 0 aliphatic carbocycles. The van der Waals surface area contributed by atoms with Crippen LogP contribution in [0.5, 0.6) is 0 Å². The van der Waals surface area contributed by atoms with Crippen molar-refractivity contribution in [3.63, 3.8) is 0 Å². The van der Waals surface area contributed by atoms with Gasteiger partial charge in [0, 0.05) is 17.7 Å². The fourth-order valence-electron chi connectivity index (χ4n) is 1.80. The molecular formula is C14H16BrNOS. The first kappa shape index (κ1) is 13.6. The maximum absolute atomic E-state index is 5.14. The van der Waals surface area contributed by atoms with Crippen molar-refractivity contribution in [2.24, 2.45) is 0 Å². The zero-order valence-corrected chi connectivity index (χ0v) is 12.8. The van der Waals surface area contributed by atoms with Gasteiger partial charge in [0.05, 0.1) is 16.4 Å². The number of anilines is 1. The lowest BCUT2D eigenvalue weighted by Gasteiger charge is -2.14. The smallest absolute Gasteiger partial charge is 0.0713 e. The molecule has 0 fully saturated rings. The Labute approximate surface area is 120 Å². The number of halogens is 1. The molecule has 2 rings (SSSR count). The van der Waals surface area contributed by atoms with Crippen LogP contribution in [0.4, 0.5) is 5.69 Å². The number of methoxy groups -OCH3 is 1. The van der Waals surface area contributed by atoms with Gasteiger partial charge >= 0.3 is 0 Å². The minimum absolute atomic E-state index is 0.305. The standard InChI is InChI=1S/C14H16BrNOS/c1-10(13-6-7-14(15)18-13)16-12-5-3-4-11(8-12)9-17-2/h3-8,10,16H,9H2,1-2H3. The topological polar surface area (TPSA) is 21.3 Å². The Balaban J connectivity index is 2.06.